The van der Waals surface area contributed by atoms with Crippen LogP contribution < -0.4 is 4.90 Å². The zero-order valence-electron chi connectivity index (χ0n) is 13.2. The van der Waals surface area contributed by atoms with Crippen molar-refractivity contribution < 1.29 is 13.4 Å². The summed E-state index contributed by atoms with van der Waals surface area (Å²) in [6.45, 7) is 4.08. The molecular weight excluding hydrogens is 313 g/mol. The highest BCUT2D eigenvalue weighted by atomic mass is 32.2. The molecule has 2 atom stereocenters. The predicted octanol–water partition coefficient (Wildman–Crippen LogP) is 3.52. The van der Waals surface area contributed by atoms with E-state index in [1.54, 1.807) is 24.0 Å². The van der Waals surface area contributed by atoms with Crippen LogP contribution >= 0.6 is 0 Å². The molecule has 0 saturated heterocycles. The van der Waals surface area contributed by atoms with Crippen molar-refractivity contribution in [2.24, 2.45) is 0 Å². The van der Waals surface area contributed by atoms with Crippen LogP contribution in [0, 0.1) is 5.82 Å². The fourth-order valence-electron chi connectivity index (χ4n) is 2.28. The van der Waals surface area contributed by atoms with Gasteiger partial charge in [-0.05, 0) is 43.7 Å². The van der Waals surface area contributed by atoms with Gasteiger partial charge in [-0.2, -0.15) is 0 Å². The average molecular weight is 333 g/mol. The van der Waals surface area contributed by atoms with Crippen molar-refractivity contribution in [3.63, 3.8) is 0 Å². The van der Waals surface area contributed by atoms with Gasteiger partial charge in [0, 0.05) is 28.8 Å². The first-order chi connectivity index (χ1) is 11.0. The van der Waals surface area contributed by atoms with Crippen molar-refractivity contribution in [2.75, 3.05) is 11.4 Å². The van der Waals surface area contributed by atoms with E-state index in [1.165, 1.54) is 12.1 Å². The summed E-state index contributed by atoms with van der Waals surface area (Å²) in [6, 6.07) is 15.2. The van der Waals surface area contributed by atoms with Crippen molar-refractivity contribution >= 4 is 22.4 Å². The third-order valence-corrected chi connectivity index (χ3v) is 5.22. The lowest BCUT2D eigenvalue weighted by atomic mass is 10.2. The van der Waals surface area contributed by atoms with E-state index >= 15 is 0 Å². The second-order valence-electron chi connectivity index (χ2n) is 5.21. The number of rotatable bonds is 6. The van der Waals surface area contributed by atoms with Gasteiger partial charge < -0.3 is 4.90 Å². The predicted molar refractivity (Wildman–Crippen MR) is 92.2 cm³/mol. The highest BCUT2D eigenvalue weighted by Crippen LogP contribution is 2.17. The maximum atomic E-state index is 12.9. The molecule has 5 heteroatoms. The zero-order valence-corrected chi connectivity index (χ0v) is 14.1. The number of nitrogens with zero attached hydrogens (tertiary/aromatic N) is 1. The SMILES string of the molecule is CCN(C(=O)[C@@H](C)[S@](=O)Cc1ccc(F)cc1)c1ccccc1. The fraction of sp³-hybridized carbons (Fsp3) is 0.278. The van der Waals surface area contributed by atoms with Crippen LogP contribution in [0.3, 0.4) is 0 Å². The zero-order chi connectivity index (χ0) is 16.8. The molecule has 2 aromatic rings. The highest BCUT2D eigenvalue weighted by molar-refractivity contribution is 7.85. The lowest BCUT2D eigenvalue weighted by Crippen LogP contribution is -2.40. The Balaban J connectivity index is 2.08. The van der Waals surface area contributed by atoms with Crippen molar-refractivity contribution in [3.05, 3.63) is 66.0 Å². The maximum Gasteiger partial charge on any atom is 0.242 e. The van der Waals surface area contributed by atoms with Crippen molar-refractivity contribution in [1.29, 1.82) is 0 Å². The third kappa shape index (κ3) is 4.48. The summed E-state index contributed by atoms with van der Waals surface area (Å²) >= 11 is 0. The minimum atomic E-state index is -1.36. The maximum absolute atomic E-state index is 12.9. The van der Waals surface area contributed by atoms with Crippen molar-refractivity contribution in [2.45, 2.75) is 24.9 Å². The summed E-state index contributed by atoms with van der Waals surface area (Å²) < 4.78 is 25.4. The van der Waals surface area contributed by atoms with Gasteiger partial charge in [0.25, 0.3) is 0 Å². The monoisotopic (exact) mass is 333 g/mol. The summed E-state index contributed by atoms with van der Waals surface area (Å²) in [7, 11) is -1.36. The topological polar surface area (TPSA) is 37.4 Å². The number of halogens is 1. The molecule has 23 heavy (non-hydrogen) atoms. The summed E-state index contributed by atoms with van der Waals surface area (Å²) in [5.41, 5.74) is 1.55. The van der Waals surface area contributed by atoms with Gasteiger partial charge in [-0.15, -0.1) is 0 Å². The summed E-state index contributed by atoms with van der Waals surface area (Å²) in [4.78, 5) is 14.3. The molecule has 0 unspecified atom stereocenters. The molecule has 0 bridgehead atoms. The first-order valence-corrected chi connectivity index (χ1v) is 8.89. The van der Waals surface area contributed by atoms with Gasteiger partial charge >= 0.3 is 0 Å². The summed E-state index contributed by atoms with van der Waals surface area (Å²) in [6.07, 6.45) is 0. The van der Waals surface area contributed by atoms with Gasteiger partial charge in [0.15, 0.2) is 0 Å². The minimum absolute atomic E-state index is 0.167. The fourth-order valence-corrected chi connectivity index (χ4v) is 3.40. The molecule has 0 heterocycles. The average Bonchev–Trinajstić information content (AvgIpc) is 2.57. The first kappa shape index (κ1) is 17.3. The van der Waals surface area contributed by atoms with E-state index in [2.05, 4.69) is 0 Å². The van der Waals surface area contributed by atoms with Crippen LogP contribution in [0.5, 0.6) is 0 Å². The number of carbonyl (C=O) groups excluding carboxylic acids is 1. The van der Waals surface area contributed by atoms with E-state index in [1.807, 2.05) is 37.3 Å². The molecule has 2 aromatic carbocycles. The number of benzene rings is 2. The number of para-hydroxylation sites is 1. The van der Waals surface area contributed by atoms with Crippen LogP contribution in [0.25, 0.3) is 0 Å². The smallest absolute Gasteiger partial charge is 0.242 e. The Morgan fingerprint density at radius 1 is 1.13 bits per heavy atom. The lowest BCUT2D eigenvalue weighted by molar-refractivity contribution is -0.117. The van der Waals surface area contributed by atoms with E-state index in [0.29, 0.717) is 6.54 Å². The van der Waals surface area contributed by atoms with Gasteiger partial charge in [-0.1, -0.05) is 30.3 Å². The molecule has 0 N–H and O–H groups in total. The molecule has 0 radical (unpaired) electrons. The van der Waals surface area contributed by atoms with E-state index in [4.69, 9.17) is 0 Å². The minimum Gasteiger partial charge on any atom is -0.312 e. The highest BCUT2D eigenvalue weighted by Gasteiger charge is 2.25. The number of amides is 1. The summed E-state index contributed by atoms with van der Waals surface area (Å²) in [5.74, 6) is -0.261. The van der Waals surface area contributed by atoms with E-state index in [0.717, 1.165) is 11.3 Å². The van der Waals surface area contributed by atoms with Crippen molar-refractivity contribution in [3.8, 4) is 0 Å². The van der Waals surface area contributed by atoms with Crippen LogP contribution in [0.15, 0.2) is 54.6 Å². The first-order valence-electron chi connectivity index (χ1n) is 7.51. The number of anilines is 1. The Kier molecular flexibility index (Phi) is 6.04. The van der Waals surface area contributed by atoms with Gasteiger partial charge in [0.2, 0.25) is 5.91 Å². The Bertz CT molecular complexity index is 673. The second-order valence-corrected chi connectivity index (χ2v) is 6.97. The summed E-state index contributed by atoms with van der Waals surface area (Å²) in [5, 5.41) is -0.625. The Morgan fingerprint density at radius 2 is 1.74 bits per heavy atom. The molecule has 0 aromatic heterocycles. The van der Waals surface area contributed by atoms with Crippen LogP contribution in [0.1, 0.15) is 19.4 Å². The molecule has 1 amide bonds. The Morgan fingerprint density at radius 3 is 2.30 bits per heavy atom. The van der Waals surface area contributed by atoms with Gasteiger partial charge in [0.1, 0.15) is 11.1 Å². The van der Waals surface area contributed by atoms with Crippen LogP contribution in [0.4, 0.5) is 10.1 Å². The number of hydrogen-bond acceptors (Lipinski definition) is 2. The lowest BCUT2D eigenvalue weighted by Gasteiger charge is -2.24. The molecule has 0 aliphatic carbocycles. The molecule has 0 saturated carbocycles. The normalized spacial score (nSPS) is 13.3. The number of hydrogen-bond donors (Lipinski definition) is 0. The molecule has 0 fully saturated rings. The number of carbonyl (C=O) groups is 1. The molecule has 2 rings (SSSR count). The largest absolute Gasteiger partial charge is 0.312 e. The standard InChI is InChI=1S/C18H20FNO2S/c1-3-20(17-7-5-4-6-8-17)18(21)14(2)23(22)13-15-9-11-16(19)12-10-15/h4-12,14H,3,13H2,1-2H3/t14-,23-/m1/s1. The molecule has 0 aliphatic heterocycles. The molecular formula is C18H20FNO2S. The molecule has 0 spiro atoms. The van der Waals surface area contributed by atoms with Gasteiger partial charge in [-0.3, -0.25) is 9.00 Å². The molecule has 0 aliphatic rings. The van der Waals surface area contributed by atoms with Crippen molar-refractivity contribution in [1.82, 2.24) is 0 Å². The van der Waals surface area contributed by atoms with E-state index in [9.17, 15) is 13.4 Å². The van der Waals surface area contributed by atoms with Crippen LogP contribution in [-0.4, -0.2) is 21.9 Å². The van der Waals surface area contributed by atoms with E-state index in [-0.39, 0.29) is 17.5 Å². The molecule has 3 nitrogen and oxygen atoms in total. The second kappa shape index (κ2) is 8.02. The van der Waals surface area contributed by atoms with Gasteiger partial charge in [0.05, 0.1) is 0 Å². The molecule has 122 valence electrons. The van der Waals surface area contributed by atoms with Gasteiger partial charge in [-0.25, -0.2) is 4.39 Å². The Hall–Kier alpha value is -2.01. The third-order valence-electron chi connectivity index (χ3n) is 3.61. The Labute approximate surface area is 138 Å². The quantitative estimate of drug-likeness (QED) is 0.811. The van der Waals surface area contributed by atoms with Crippen LogP contribution in [-0.2, 0) is 21.3 Å². The van der Waals surface area contributed by atoms with Crippen LogP contribution in [0.2, 0.25) is 0 Å². The van der Waals surface area contributed by atoms with E-state index < -0.39 is 16.0 Å².